The van der Waals surface area contributed by atoms with Crippen molar-refractivity contribution in [1.29, 1.82) is 0 Å². The Morgan fingerprint density at radius 2 is 1.74 bits per heavy atom. The van der Waals surface area contributed by atoms with Crippen LogP contribution in [0.2, 0.25) is 10.0 Å². The summed E-state index contributed by atoms with van der Waals surface area (Å²) in [4.78, 5) is 12.2. The molecule has 5 heteroatoms. The van der Waals surface area contributed by atoms with E-state index in [9.17, 15) is 4.79 Å². The van der Waals surface area contributed by atoms with Gasteiger partial charge in [0, 0.05) is 10.7 Å². The molecule has 0 unspecified atom stereocenters. The van der Waals surface area contributed by atoms with Crippen molar-refractivity contribution in [2.24, 2.45) is 0 Å². The molecule has 3 nitrogen and oxygen atoms in total. The quantitative estimate of drug-likeness (QED) is 0.782. The van der Waals surface area contributed by atoms with Crippen LogP contribution in [0.1, 0.15) is 25.0 Å². The number of hydrogen-bond acceptors (Lipinski definition) is 2. The first kappa shape index (κ1) is 17.6. The summed E-state index contributed by atoms with van der Waals surface area (Å²) >= 11 is 11.9. The van der Waals surface area contributed by atoms with Crippen molar-refractivity contribution < 1.29 is 9.53 Å². The number of para-hydroxylation sites is 1. The zero-order chi connectivity index (χ0) is 16.8. The van der Waals surface area contributed by atoms with Crippen molar-refractivity contribution in [3.63, 3.8) is 0 Å². The van der Waals surface area contributed by atoms with Crippen LogP contribution in [0, 0.1) is 0 Å². The van der Waals surface area contributed by atoms with Gasteiger partial charge >= 0.3 is 0 Å². The molecule has 0 heterocycles. The molecule has 0 aliphatic carbocycles. The number of aryl methyl sites for hydroxylation is 2. The van der Waals surface area contributed by atoms with Gasteiger partial charge in [-0.3, -0.25) is 4.79 Å². The van der Waals surface area contributed by atoms with Crippen molar-refractivity contribution in [3.8, 4) is 5.75 Å². The minimum absolute atomic E-state index is 0.109. The topological polar surface area (TPSA) is 38.3 Å². The predicted molar refractivity (Wildman–Crippen MR) is 95.8 cm³/mol. The van der Waals surface area contributed by atoms with Crippen LogP contribution in [0.5, 0.6) is 5.75 Å². The first-order chi connectivity index (χ1) is 11.0. The van der Waals surface area contributed by atoms with Crippen LogP contribution < -0.4 is 10.1 Å². The molecule has 0 bridgehead atoms. The summed E-state index contributed by atoms with van der Waals surface area (Å²) in [7, 11) is 0. The fraction of sp³-hybridized carbons (Fsp3) is 0.278. The summed E-state index contributed by atoms with van der Waals surface area (Å²) in [5.74, 6) is 0.220. The molecular weight excluding hydrogens is 333 g/mol. The van der Waals surface area contributed by atoms with E-state index in [1.165, 1.54) is 0 Å². The number of carbonyl (C=O) groups is 1. The summed E-state index contributed by atoms with van der Waals surface area (Å²) in [6.45, 7) is 4.02. The van der Waals surface area contributed by atoms with Crippen molar-refractivity contribution >= 4 is 34.8 Å². The molecule has 0 atom stereocenters. The third-order valence-electron chi connectivity index (χ3n) is 3.52. The van der Waals surface area contributed by atoms with Crippen LogP contribution in [0.3, 0.4) is 0 Å². The summed E-state index contributed by atoms with van der Waals surface area (Å²) in [6, 6.07) is 10.9. The van der Waals surface area contributed by atoms with Gasteiger partial charge in [-0.1, -0.05) is 55.2 Å². The maximum absolute atomic E-state index is 12.2. The lowest BCUT2D eigenvalue weighted by molar-refractivity contribution is -0.118. The van der Waals surface area contributed by atoms with Crippen molar-refractivity contribution in [2.75, 3.05) is 11.9 Å². The normalized spacial score (nSPS) is 10.4. The van der Waals surface area contributed by atoms with Crippen molar-refractivity contribution in [2.45, 2.75) is 26.7 Å². The van der Waals surface area contributed by atoms with E-state index in [1.54, 1.807) is 18.2 Å². The van der Waals surface area contributed by atoms with E-state index in [-0.39, 0.29) is 12.5 Å². The standard InChI is InChI=1S/C18H19Cl2NO2/c1-3-12-6-5-7-13(4-2)18(12)21-17(22)11-23-16-9-8-14(19)10-15(16)20/h5-10H,3-4,11H2,1-2H3,(H,21,22). The zero-order valence-corrected chi connectivity index (χ0v) is 14.7. The smallest absolute Gasteiger partial charge is 0.262 e. The van der Waals surface area contributed by atoms with Crippen LogP contribution in [0.25, 0.3) is 0 Å². The molecule has 0 radical (unpaired) electrons. The van der Waals surface area contributed by atoms with Gasteiger partial charge in [0.05, 0.1) is 5.02 Å². The number of carbonyl (C=O) groups excluding carboxylic acids is 1. The summed E-state index contributed by atoms with van der Waals surface area (Å²) in [5, 5.41) is 3.86. The van der Waals surface area contributed by atoms with Gasteiger partial charge in [-0.25, -0.2) is 0 Å². The lowest BCUT2D eigenvalue weighted by Crippen LogP contribution is -2.21. The molecule has 0 saturated heterocycles. The summed E-state index contributed by atoms with van der Waals surface area (Å²) in [5.41, 5.74) is 3.11. The van der Waals surface area contributed by atoms with Crippen LogP contribution in [0.4, 0.5) is 5.69 Å². The molecule has 0 spiro atoms. The number of ether oxygens (including phenoxy) is 1. The van der Waals surface area contributed by atoms with Crippen molar-refractivity contribution in [1.82, 2.24) is 0 Å². The Morgan fingerprint density at radius 1 is 1.09 bits per heavy atom. The number of amides is 1. The molecule has 0 aromatic heterocycles. The monoisotopic (exact) mass is 351 g/mol. The van der Waals surface area contributed by atoms with Gasteiger partial charge in [0.15, 0.2) is 6.61 Å². The van der Waals surface area contributed by atoms with Crippen LogP contribution in [0.15, 0.2) is 36.4 Å². The molecule has 0 fully saturated rings. The highest BCUT2D eigenvalue weighted by Gasteiger charge is 2.11. The average molecular weight is 352 g/mol. The molecule has 2 rings (SSSR count). The average Bonchev–Trinajstić information content (AvgIpc) is 2.54. The molecule has 2 aromatic carbocycles. The van der Waals surface area contributed by atoms with E-state index < -0.39 is 0 Å². The Hall–Kier alpha value is -1.71. The third-order valence-corrected chi connectivity index (χ3v) is 4.05. The highest BCUT2D eigenvalue weighted by Crippen LogP contribution is 2.27. The number of rotatable bonds is 6. The van der Waals surface area contributed by atoms with E-state index in [0.29, 0.717) is 15.8 Å². The van der Waals surface area contributed by atoms with Crippen molar-refractivity contribution in [3.05, 3.63) is 57.6 Å². The Bertz CT molecular complexity index is 679. The first-order valence-corrected chi connectivity index (χ1v) is 8.29. The fourth-order valence-electron chi connectivity index (χ4n) is 2.31. The van der Waals surface area contributed by atoms with E-state index in [4.69, 9.17) is 27.9 Å². The van der Waals surface area contributed by atoms with Crippen LogP contribution >= 0.6 is 23.2 Å². The number of hydrogen-bond donors (Lipinski definition) is 1. The number of benzene rings is 2. The molecule has 0 aliphatic rings. The fourth-order valence-corrected chi connectivity index (χ4v) is 2.78. The van der Waals surface area contributed by atoms with Crippen LogP contribution in [-0.4, -0.2) is 12.5 Å². The molecule has 0 saturated carbocycles. The van der Waals surface area contributed by atoms with Gasteiger partial charge in [0.1, 0.15) is 5.75 Å². The van der Waals surface area contributed by atoms with Gasteiger partial charge < -0.3 is 10.1 Å². The van der Waals surface area contributed by atoms with E-state index in [1.807, 2.05) is 18.2 Å². The number of halogens is 2. The lowest BCUT2D eigenvalue weighted by Gasteiger charge is -2.15. The Labute approximate surface area is 146 Å². The molecule has 2 aromatic rings. The Balaban J connectivity index is 2.05. The largest absolute Gasteiger partial charge is 0.482 e. The highest BCUT2D eigenvalue weighted by atomic mass is 35.5. The molecule has 0 aliphatic heterocycles. The predicted octanol–water partition coefficient (Wildman–Crippen LogP) is 5.14. The maximum atomic E-state index is 12.2. The second-order valence-electron chi connectivity index (χ2n) is 5.07. The van der Waals surface area contributed by atoms with E-state index in [2.05, 4.69) is 19.2 Å². The van der Waals surface area contributed by atoms with Gasteiger partial charge in [-0.05, 0) is 42.2 Å². The van der Waals surface area contributed by atoms with Crippen LogP contribution in [-0.2, 0) is 17.6 Å². The number of anilines is 1. The molecular formula is C18H19Cl2NO2. The Morgan fingerprint density at radius 3 is 2.30 bits per heavy atom. The van der Waals surface area contributed by atoms with E-state index >= 15 is 0 Å². The summed E-state index contributed by atoms with van der Waals surface area (Å²) in [6.07, 6.45) is 1.71. The maximum Gasteiger partial charge on any atom is 0.262 e. The van der Waals surface area contributed by atoms with Gasteiger partial charge in [0.25, 0.3) is 5.91 Å². The minimum Gasteiger partial charge on any atom is -0.482 e. The lowest BCUT2D eigenvalue weighted by atomic mass is 10.0. The molecule has 23 heavy (non-hydrogen) atoms. The number of nitrogens with one attached hydrogen (secondary N) is 1. The first-order valence-electron chi connectivity index (χ1n) is 7.53. The second-order valence-corrected chi connectivity index (χ2v) is 5.91. The molecule has 1 amide bonds. The molecule has 1 N–H and O–H groups in total. The Kier molecular flexibility index (Phi) is 6.31. The third kappa shape index (κ3) is 4.63. The SMILES string of the molecule is CCc1cccc(CC)c1NC(=O)COc1ccc(Cl)cc1Cl. The second kappa shape index (κ2) is 8.23. The van der Waals surface area contributed by atoms with Gasteiger partial charge in [-0.15, -0.1) is 0 Å². The zero-order valence-electron chi connectivity index (χ0n) is 13.2. The van der Waals surface area contributed by atoms with Gasteiger partial charge in [0.2, 0.25) is 0 Å². The van der Waals surface area contributed by atoms with Gasteiger partial charge in [-0.2, -0.15) is 0 Å². The molecule has 122 valence electrons. The summed E-state index contributed by atoms with van der Waals surface area (Å²) < 4.78 is 5.47. The minimum atomic E-state index is -0.216. The highest BCUT2D eigenvalue weighted by molar-refractivity contribution is 6.35. The van der Waals surface area contributed by atoms with E-state index in [0.717, 1.165) is 29.7 Å².